The third kappa shape index (κ3) is 5.57. The molecule has 0 aromatic carbocycles. The van der Waals surface area contributed by atoms with Crippen LogP contribution in [0.25, 0.3) is 0 Å². The van der Waals surface area contributed by atoms with E-state index in [9.17, 15) is 0 Å². The molecule has 2 unspecified atom stereocenters. The van der Waals surface area contributed by atoms with Crippen molar-refractivity contribution in [2.45, 2.75) is 82.2 Å². The Hall–Kier alpha value is -0.330. The normalized spacial score (nSPS) is 23.8. The Kier molecular flexibility index (Phi) is 7.02. The van der Waals surface area contributed by atoms with Gasteiger partial charge in [0.05, 0.1) is 0 Å². The van der Waals surface area contributed by atoms with Gasteiger partial charge in [-0.25, -0.2) is 0 Å². The van der Waals surface area contributed by atoms with Crippen LogP contribution in [0.5, 0.6) is 0 Å². The maximum Gasteiger partial charge on any atom is 0.0439 e. The molecule has 25 heavy (non-hydrogen) atoms. The van der Waals surface area contributed by atoms with Crippen molar-refractivity contribution in [3.8, 4) is 0 Å². The Bertz CT molecular complexity index is 589. The smallest absolute Gasteiger partial charge is 0.0439 e. The molecule has 0 saturated carbocycles. The number of rotatable bonds is 3. The summed E-state index contributed by atoms with van der Waals surface area (Å²) in [7, 11) is 0.976. The SMILES string of the molecule is CC(C)N=CC1C(C(C)(C)C)=CC(C(C)(C)C)=C(P=S)C1C(C)(C)C. The molecule has 1 aliphatic carbocycles. The number of hydrogen-bond acceptors (Lipinski definition) is 2. The molecular formula is C22H38NPS. The standard InChI is InChI=1S/C22H38NPS/c1-14(2)23-13-15-16(20(3,4)5)12-17(21(6,7)8)19(24-25)18(15)22(9,10)11/h12-15,18H,1-11H3. The summed E-state index contributed by atoms with van der Waals surface area (Å²) in [5.74, 6) is 0.710. The molecular weight excluding hydrogens is 341 g/mol. The molecule has 0 heterocycles. The highest BCUT2D eigenvalue weighted by Crippen LogP contribution is 2.54. The molecule has 0 spiro atoms. The van der Waals surface area contributed by atoms with E-state index in [1.807, 2.05) is 0 Å². The molecule has 0 aromatic heterocycles. The van der Waals surface area contributed by atoms with Crippen molar-refractivity contribution in [1.82, 2.24) is 0 Å². The van der Waals surface area contributed by atoms with Gasteiger partial charge in [0.25, 0.3) is 0 Å². The van der Waals surface area contributed by atoms with E-state index < -0.39 is 0 Å². The Balaban J connectivity index is 3.79. The van der Waals surface area contributed by atoms with Crippen LogP contribution in [0, 0.1) is 28.1 Å². The minimum absolute atomic E-state index is 0.0985. The average Bonchev–Trinajstić information content (AvgIpc) is 2.39. The Morgan fingerprint density at radius 1 is 1.00 bits per heavy atom. The zero-order valence-electron chi connectivity index (χ0n) is 18.2. The van der Waals surface area contributed by atoms with Crippen molar-refractivity contribution >= 4 is 25.4 Å². The molecule has 0 radical (unpaired) electrons. The molecule has 0 fully saturated rings. The van der Waals surface area contributed by atoms with Gasteiger partial charge in [-0.05, 0) is 41.0 Å². The summed E-state index contributed by atoms with van der Waals surface area (Å²) in [6, 6.07) is 0.319. The van der Waals surface area contributed by atoms with E-state index in [1.54, 1.807) is 0 Å². The summed E-state index contributed by atoms with van der Waals surface area (Å²) in [5.41, 5.74) is 3.27. The monoisotopic (exact) mass is 379 g/mol. The van der Waals surface area contributed by atoms with Crippen LogP contribution in [0.2, 0.25) is 0 Å². The van der Waals surface area contributed by atoms with Crippen molar-refractivity contribution in [3.63, 3.8) is 0 Å². The van der Waals surface area contributed by atoms with Gasteiger partial charge in [-0.2, -0.15) is 0 Å². The van der Waals surface area contributed by atoms with Crippen molar-refractivity contribution < 1.29 is 0 Å². The Labute approximate surface area is 163 Å². The zero-order valence-corrected chi connectivity index (χ0v) is 19.9. The third-order valence-corrected chi connectivity index (χ3v) is 6.14. The van der Waals surface area contributed by atoms with E-state index in [1.165, 1.54) is 16.5 Å². The molecule has 0 aromatic rings. The summed E-state index contributed by atoms with van der Waals surface area (Å²) in [6.45, 7) is 25.2. The highest BCUT2D eigenvalue weighted by atomic mass is 32.4. The number of aliphatic imine (C=N–C) groups is 1. The van der Waals surface area contributed by atoms with Crippen LogP contribution in [0.1, 0.15) is 76.2 Å². The van der Waals surface area contributed by atoms with E-state index in [0.717, 1.165) is 7.36 Å². The fourth-order valence-electron chi connectivity index (χ4n) is 3.65. The fourth-order valence-corrected chi connectivity index (χ4v) is 5.44. The van der Waals surface area contributed by atoms with Crippen LogP contribution >= 0.6 is 7.36 Å². The maximum absolute atomic E-state index is 5.63. The molecule has 1 nitrogen and oxygen atoms in total. The highest BCUT2D eigenvalue weighted by molar-refractivity contribution is 7.98. The number of hydrogen-bond donors (Lipinski definition) is 0. The van der Waals surface area contributed by atoms with Crippen LogP contribution in [0.15, 0.2) is 27.5 Å². The first-order valence-electron chi connectivity index (χ1n) is 9.44. The highest BCUT2D eigenvalue weighted by Gasteiger charge is 2.43. The fraction of sp³-hybridized carbons (Fsp3) is 0.773. The number of nitrogens with zero attached hydrogens (tertiary/aromatic N) is 1. The molecule has 1 rings (SSSR count). The predicted molar refractivity (Wildman–Crippen MR) is 118 cm³/mol. The molecule has 142 valence electrons. The van der Waals surface area contributed by atoms with Gasteiger partial charge in [0.2, 0.25) is 0 Å². The summed E-state index contributed by atoms with van der Waals surface area (Å²) in [6.07, 6.45) is 4.67. The first kappa shape index (κ1) is 22.7. The Morgan fingerprint density at radius 3 is 1.84 bits per heavy atom. The lowest BCUT2D eigenvalue weighted by atomic mass is 9.61. The summed E-state index contributed by atoms with van der Waals surface area (Å²) >= 11 is 5.63. The quantitative estimate of drug-likeness (QED) is 0.366. The van der Waals surface area contributed by atoms with E-state index in [4.69, 9.17) is 16.8 Å². The van der Waals surface area contributed by atoms with Crippen LogP contribution in [-0.2, 0) is 11.8 Å². The number of allylic oxidation sites excluding steroid dienone is 4. The van der Waals surface area contributed by atoms with E-state index in [0.29, 0.717) is 17.9 Å². The van der Waals surface area contributed by atoms with Crippen molar-refractivity contribution in [2.75, 3.05) is 0 Å². The third-order valence-electron chi connectivity index (χ3n) is 4.84. The van der Waals surface area contributed by atoms with Gasteiger partial charge < -0.3 is 0 Å². The average molecular weight is 380 g/mol. The van der Waals surface area contributed by atoms with Gasteiger partial charge in [-0.1, -0.05) is 85.8 Å². The lowest BCUT2D eigenvalue weighted by Crippen LogP contribution is -2.38. The van der Waals surface area contributed by atoms with Gasteiger partial charge >= 0.3 is 0 Å². The van der Waals surface area contributed by atoms with Gasteiger partial charge in [-0.3, -0.25) is 4.99 Å². The van der Waals surface area contributed by atoms with E-state index in [2.05, 4.69) is 88.5 Å². The summed E-state index contributed by atoms with van der Waals surface area (Å²) in [4.78, 5) is 4.81. The second kappa shape index (κ2) is 7.73. The second-order valence-electron chi connectivity index (χ2n) is 10.8. The van der Waals surface area contributed by atoms with E-state index in [-0.39, 0.29) is 16.2 Å². The van der Waals surface area contributed by atoms with Crippen molar-refractivity contribution in [3.05, 3.63) is 22.5 Å². The van der Waals surface area contributed by atoms with Crippen LogP contribution in [0.4, 0.5) is 0 Å². The topological polar surface area (TPSA) is 12.4 Å². The molecule has 2 atom stereocenters. The molecule has 0 bridgehead atoms. The molecule has 0 saturated heterocycles. The van der Waals surface area contributed by atoms with Gasteiger partial charge in [0.1, 0.15) is 0 Å². The molecule has 0 N–H and O–H groups in total. The minimum atomic E-state index is 0.0985. The Morgan fingerprint density at radius 2 is 1.52 bits per heavy atom. The van der Waals surface area contributed by atoms with Crippen LogP contribution < -0.4 is 0 Å². The van der Waals surface area contributed by atoms with Crippen molar-refractivity contribution in [1.29, 1.82) is 0 Å². The second-order valence-corrected chi connectivity index (χ2v) is 12.0. The lowest BCUT2D eigenvalue weighted by molar-refractivity contribution is 0.237. The first-order valence-corrected chi connectivity index (χ1v) is 11.3. The maximum atomic E-state index is 5.63. The molecule has 3 heteroatoms. The van der Waals surface area contributed by atoms with Crippen LogP contribution in [0.3, 0.4) is 0 Å². The first-order chi connectivity index (χ1) is 11.1. The van der Waals surface area contributed by atoms with Crippen LogP contribution in [-0.4, -0.2) is 12.3 Å². The van der Waals surface area contributed by atoms with Crippen molar-refractivity contribution in [2.24, 2.45) is 33.1 Å². The lowest BCUT2D eigenvalue weighted by Gasteiger charge is -2.46. The van der Waals surface area contributed by atoms with Gasteiger partial charge in [0.15, 0.2) is 0 Å². The van der Waals surface area contributed by atoms with Gasteiger partial charge in [0, 0.05) is 31.4 Å². The molecule has 1 aliphatic rings. The summed E-state index contributed by atoms with van der Waals surface area (Å²) < 4.78 is 0. The predicted octanol–water partition coefficient (Wildman–Crippen LogP) is 7.44. The minimum Gasteiger partial charge on any atom is -0.294 e. The molecule has 0 amide bonds. The summed E-state index contributed by atoms with van der Waals surface area (Å²) in [5, 5.41) is 1.42. The van der Waals surface area contributed by atoms with Gasteiger partial charge in [-0.15, -0.1) is 0 Å². The van der Waals surface area contributed by atoms with E-state index >= 15 is 0 Å². The zero-order chi connectivity index (χ0) is 19.8. The largest absolute Gasteiger partial charge is 0.294 e. The molecule has 0 aliphatic heterocycles.